The van der Waals surface area contributed by atoms with Gasteiger partial charge in [0.25, 0.3) is 5.91 Å². The lowest BCUT2D eigenvalue weighted by Crippen LogP contribution is -2.63. The molecule has 4 N–H and O–H groups in total. The molecular formula is C21H29N5O6. The molecule has 11 nitrogen and oxygen atoms in total. The summed E-state index contributed by atoms with van der Waals surface area (Å²) in [7, 11) is 1.50. The third kappa shape index (κ3) is 7.13. The Labute approximate surface area is 186 Å². The number of benzene rings is 1. The van der Waals surface area contributed by atoms with E-state index in [1.807, 2.05) is 0 Å². The van der Waals surface area contributed by atoms with Crippen LogP contribution in [0.5, 0.6) is 0 Å². The molecule has 1 saturated carbocycles. The molecule has 0 bridgehead atoms. The van der Waals surface area contributed by atoms with Crippen LogP contribution >= 0.6 is 0 Å². The maximum Gasteiger partial charge on any atom is 0.328 e. The van der Waals surface area contributed by atoms with Gasteiger partial charge in [-0.3, -0.25) is 34.7 Å². The van der Waals surface area contributed by atoms with Crippen LogP contribution in [0.4, 0.5) is 0 Å². The van der Waals surface area contributed by atoms with Crippen molar-refractivity contribution in [1.29, 1.82) is 0 Å². The molecule has 2 rings (SSSR count). The van der Waals surface area contributed by atoms with Crippen LogP contribution in [0.3, 0.4) is 0 Å². The first kappa shape index (κ1) is 25.0. The summed E-state index contributed by atoms with van der Waals surface area (Å²) in [4.78, 5) is 61.5. The zero-order valence-corrected chi connectivity index (χ0v) is 18.0. The number of methoxy groups -OCH3 is 1. The van der Waals surface area contributed by atoms with E-state index < -0.39 is 35.6 Å². The number of hydrazine groups is 2. The number of imide groups is 1. The van der Waals surface area contributed by atoms with Crippen LogP contribution in [0, 0.1) is 0 Å². The minimum atomic E-state index is -1.23. The summed E-state index contributed by atoms with van der Waals surface area (Å²) < 4.78 is 5.02. The van der Waals surface area contributed by atoms with Gasteiger partial charge >= 0.3 is 23.6 Å². The van der Waals surface area contributed by atoms with E-state index in [0.29, 0.717) is 25.9 Å². The van der Waals surface area contributed by atoms with E-state index in [1.54, 1.807) is 18.2 Å². The van der Waals surface area contributed by atoms with E-state index in [2.05, 4.69) is 10.7 Å². The highest BCUT2D eigenvalue weighted by atomic mass is 16.5. The number of ether oxygens (including phenoxy) is 1. The summed E-state index contributed by atoms with van der Waals surface area (Å²) in [5, 5.41) is 4.33. The third-order valence-electron chi connectivity index (χ3n) is 5.02. The van der Waals surface area contributed by atoms with Crippen molar-refractivity contribution in [3.8, 4) is 0 Å². The first-order valence-corrected chi connectivity index (χ1v) is 10.5. The minimum Gasteiger partial charge on any atom is -0.385 e. The monoisotopic (exact) mass is 447 g/mol. The standard InChI is InChI=1S/C21H29N5O6/c1-32-14-8-13-25(24-19(29)17(22)27)26(16-11-6-3-7-12-16)21(31)20(30)23-18(28)15-9-4-2-5-10-15/h2,4-5,9-10,16H,3,6-8,11-14H2,1H3,(H2,22,27)(H,24,29)(H,23,28,30). The Kier molecular flexibility index (Phi) is 9.76. The average molecular weight is 447 g/mol. The average Bonchev–Trinajstić information content (AvgIpc) is 2.80. The maximum atomic E-state index is 13.2. The fourth-order valence-electron chi connectivity index (χ4n) is 3.47. The Bertz CT molecular complexity index is 825. The number of amides is 5. The van der Waals surface area contributed by atoms with Crippen LogP contribution in [-0.4, -0.2) is 66.0 Å². The molecule has 1 aromatic rings. The van der Waals surface area contributed by atoms with Crippen LogP contribution in [0.15, 0.2) is 30.3 Å². The number of nitrogens with one attached hydrogen (secondary N) is 2. The molecule has 1 aliphatic carbocycles. The molecule has 1 aliphatic rings. The van der Waals surface area contributed by atoms with Crippen molar-refractivity contribution in [3.05, 3.63) is 35.9 Å². The largest absolute Gasteiger partial charge is 0.385 e. The molecule has 1 aromatic carbocycles. The number of hydrogen-bond acceptors (Lipinski definition) is 7. The molecule has 0 aliphatic heterocycles. The molecule has 0 aromatic heterocycles. The predicted molar refractivity (Wildman–Crippen MR) is 113 cm³/mol. The predicted octanol–water partition coefficient (Wildman–Crippen LogP) is -0.126. The molecule has 0 spiro atoms. The molecule has 0 atom stereocenters. The third-order valence-corrected chi connectivity index (χ3v) is 5.02. The molecule has 1 fully saturated rings. The van der Waals surface area contributed by atoms with Crippen LogP contribution in [0.25, 0.3) is 0 Å². The number of nitrogens with two attached hydrogens (primary N) is 1. The highest BCUT2D eigenvalue weighted by Gasteiger charge is 2.36. The molecule has 0 unspecified atom stereocenters. The van der Waals surface area contributed by atoms with Crippen LogP contribution in [0.1, 0.15) is 48.9 Å². The summed E-state index contributed by atoms with van der Waals surface area (Å²) >= 11 is 0. The van der Waals surface area contributed by atoms with Gasteiger partial charge < -0.3 is 10.5 Å². The van der Waals surface area contributed by atoms with Crippen LogP contribution in [-0.2, 0) is 23.9 Å². The van der Waals surface area contributed by atoms with E-state index in [1.165, 1.54) is 19.2 Å². The summed E-state index contributed by atoms with van der Waals surface area (Å²) in [5.41, 5.74) is 7.57. The first-order valence-electron chi connectivity index (χ1n) is 10.5. The Morgan fingerprint density at radius 2 is 1.69 bits per heavy atom. The lowest BCUT2D eigenvalue weighted by molar-refractivity contribution is -0.175. The smallest absolute Gasteiger partial charge is 0.328 e. The van der Waals surface area contributed by atoms with Crippen molar-refractivity contribution in [2.45, 2.75) is 44.6 Å². The number of nitrogens with zero attached hydrogens (tertiary/aromatic N) is 2. The van der Waals surface area contributed by atoms with Gasteiger partial charge in [0.2, 0.25) is 0 Å². The Balaban J connectivity index is 2.25. The van der Waals surface area contributed by atoms with Crippen molar-refractivity contribution >= 4 is 29.5 Å². The van der Waals surface area contributed by atoms with Gasteiger partial charge in [0, 0.05) is 25.8 Å². The maximum absolute atomic E-state index is 13.2. The zero-order chi connectivity index (χ0) is 23.5. The van der Waals surface area contributed by atoms with E-state index in [9.17, 15) is 24.0 Å². The van der Waals surface area contributed by atoms with E-state index in [0.717, 1.165) is 29.4 Å². The molecule has 0 radical (unpaired) electrons. The number of rotatable bonds is 8. The number of carbonyl (C=O) groups is 5. The van der Waals surface area contributed by atoms with Crippen molar-refractivity contribution in [2.24, 2.45) is 5.73 Å². The summed E-state index contributed by atoms with van der Waals surface area (Å²) in [6, 6.07) is 7.60. The number of primary amides is 1. The molecule has 5 amide bonds. The van der Waals surface area contributed by atoms with Gasteiger partial charge in [-0.1, -0.05) is 37.5 Å². The summed E-state index contributed by atoms with van der Waals surface area (Å²) in [6.07, 6.45) is 4.21. The van der Waals surface area contributed by atoms with Crippen LogP contribution < -0.4 is 16.5 Å². The second-order valence-corrected chi connectivity index (χ2v) is 7.37. The van der Waals surface area contributed by atoms with Gasteiger partial charge in [-0.25, -0.2) is 5.01 Å². The number of carbonyl (C=O) groups excluding carboxylic acids is 5. The van der Waals surface area contributed by atoms with E-state index >= 15 is 0 Å². The Hall–Kier alpha value is -3.31. The summed E-state index contributed by atoms with van der Waals surface area (Å²) in [5.74, 6) is -5.25. The quantitative estimate of drug-likeness (QED) is 0.285. The summed E-state index contributed by atoms with van der Waals surface area (Å²) in [6.45, 7) is 0.392. The van der Waals surface area contributed by atoms with E-state index in [-0.39, 0.29) is 12.1 Å². The van der Waals surface area contributed by atoms with Gasteiger partial charge in [0.15, 0.2) is 0 Å². The van der Waals surface area contributed by atoms with Crippen molar-refractivity contribution in [3.63, 3.8) is 0 Å². The van der Waals surface area contributed by atoms with Gasteiger partial charge in [0.05, 0.1) is 6.04 Å². The Morgan fingerprint density at radius 1 is 1.03 bits per heavy atom. The molecular weight excluding hydrogens is 418 g/mol. The van der Waals surface area contributed by atoms with Crippen molar-refractivity contribution in [2.75, 3.05) is 20.3 Å². The van der Waals surface area contributed by atoms with Gasteiger partial charge in [-0.05, 0) is 31.4 Å². The lowest BCUT2D eigenvalue weighted by atomic mass is 9.95. The second kappa shape index (κ2) is 12.5. The minimum absolute atomic E-state index is 0.0784. The second-order valence-electron chi connectivity index (χ2n) is 7.37. The van der Waals surface area contributed by atoms with Gasteiger partial charge in [-0.15, -0.1) is 5.12 Å². The fraction of sp³-hybridized carbons (Fsp3) is 0.476. The lowest BCUT2D eigenvalue weighted by Gasteiger charge is -2.40. The van der Waals surface area contributed by atoms with E-state index in [4.69, 9.17) is 10.5 Å². The molecule has 32 heavy (non-hydrogen) atoms. The zero-order valence-electron chi connectivity index (χ0n) is 18.0. The molecule has 11 heteroatoms. The van der Waals surface area contributed by atoms with Crippen molar-refractivity contribution < 1.29 is 28.7 Å². The normalized spacial score (nSPS) is 13.9. The highest BCUT2D eigenvalue weighted by Crippen LogP contribution is 2.24. The van der Waals surface area contributed by atoms with Gasteiger partial charge in [0.1, 0.15) is 0 Å². The van der Waals surface area contributed by atoms with Gasteiger partial charge in [-0.2, -0.15) is 0 Å². The van der Waals surface area contributed by atoms with Crippen LogP contribution in [0.2, 0.25) is 0 Å². The molecule has 0 heterocycles. The highest BCUT2D eigenvalue weighted by molar-refractivity contribution is 6.38. The molecule has 0 saturated heterocycles. The topological polar surface area (TPSA) is 151 Å². The Morgan fingerprint density at radius 3 is 2.28 bits per heavy atom. The fourth-order valence-corrected chi connectivity index (χ4v) is 3.47. The molecule has 174 valence electrons. The van der Waals surface area contributed by atoms with Crippen molar-refractivity contribution in [1.82, 2.24) is 20.9 Å². The number of hydrogen-bond donors (Lipinski definition) is 3. The first-order chi connectivity index (χ1) is 15.3. The SMILES string of the molecule is COCCCN(NC(=O)C(N)=O)N(C(=O)C(=O)NC(=O)c1ccccc1)C1CCCCC1.